The molecule has 8 aromatic rings. The fraction of sp³-hybridized carbons (Fsp3) is 0.0222. The van der Waals surface area contributed by atoms with Gasteiger partial charge in [0.25, 0.3) is 0 Å². The van der Waals surface area contributed by atoms with Gasteiger partial charge in [0.05, 0.1) is 5.41 Å². The van der Waals surface area contributed by atoms with Crippen molar-refractivity contribution in [3.63, 3.8) is 0 Å². The lowest BCUT2D eigenvalue weighted by Gasteiger charge is -2.32. The summed E-state index contributed by atoms with van der Waals surface area (Å²) >= 11 is 1.90. The molecule has 1 atom stereocenters. The second kappa shape index (κ2) is 8.88. The molecule has 0 saturated carbocycles. The van der Waals surface area contributed by atoms with E-state index in [4.69, 9.17) is 0 Å². The van der Waals surface area contributed by atoms with Crippen LogP contribution < -0.4 is 0 Å². The smallest absolute Gasteiger partial charge is 0.0731 e. The maximum absolute atomic E-state index is 2.53. The van der Waals surface area contributed by atoms with Gasteiger partial charge in [-0.1, -0.05) is 151 Å². The second-order valence-corrected chi connectivity index (χ2v) is 13.8. The first-order chi connectivity index (χ1) is 22.8. The third-order valence-electron chi connectivity index (χ3n) is 10.7. The van der Waals surface area contributed by atoms with Gasteiger partial charge in [-0.2, -0.15) is 0 Å². The fourth-order valence-corrected chi connectivity index (χ4v) is 10.1. The van der Waals surface area contributed by atoms with E-state index in [9.17, 15) is 0 Å². The molecular weight excluding hydrogens is 573 g/mol. The van der Waals surface area contributed by atoms with Crippen molar-refractivity contribution < 1.29 is 0 Å². The molecule has 0 saturated heterocycles. The SMILES string of the molecule is c1ccc2c(c1)-c1ccc(-c3cccc4c3-c3cccc5cccc(c35)S4)cc1C21c2ccccc2-c2ccc3ccccc3c21. The Kier molecular flexibility index (Phi) is 4.80. The number of benzene rings is 8. The molecule has 212 valence electrons. The lowest BCUT2D eigenvalue weighted by Crippen LogP contribution is -2.26. The highest BCUT2D eigenvalue weighted by Crippen LogP contribution is 2.64. The monoisotopic (exact) mass is 598 g/mol. The van der Waals surface area contributed by atoms with Crippen LogP contribution in [0.2, 0.25) is 0 Å². The van der Waals surface area contributed by atoms with Gasteiger partial charge in [0, 0.05) is 20.7 Å². The second-order valence-electron chi connectivity index (χ2n) is 12.8. The minimum Gasteiger partial charge on any atom is -0.0888 e. The highest BCUT2D eigenvalue weighted by atomic mass is 32.2. The van der Waals surface area contributed by atoms with Gasteiger partial charge in [0.2, 0.25) is 0 Å². The molecule has 11 rings (SSSR count). The Morgan fingerprint density at radius 1 is 0.391 bits per heavy atom. The summed E-state index contributed by atoms with van der Waals surface area (Å²) in [6.45, 7) is 0. The molecule has 3 aliphatic rings. The molecule has 1 unspecified atom stereocenters. The standard InChI is InChI=1S/C45H26S/c1-2-13-31-27(10-1)22-25-35-33-15-4-6-19-38(33)45(44(31)35)37-18-5-3-14-32(37)34-24-23-29(26-39(34)45)30-16-9-21-41-43(30)36-17-7-11-28-12-8-20-40(46-41)42(28)36/h1-26H. The first kappa shape index (κ1) is 24.9. The number of hydrogen-bond acceptors (Lipinski definition) is 1. The van der Waals surface area contributed by atoms with E-state index in [2.05, 4.69) is 158 Å². The average molecular weight is 599 g/mol. The number of fused-ring (bicyclic) bond motifs is 14. The average Bonchev–Trinajstić information content (AvgIpc) is 3.59. The minimum absolute atomic E-state index is 0.398. The van der Waals surface area contributed by atoms with Crippen LogP contribution in [0.25, 0.3) is 66.1 Å². The van der Waals surface area contributed by atoms with Crippen LogP contribution in [0.5, 0.6) is 0 Å². The summed E-state index contributed by atoms with van der Waals surface area (Å²) in [4.78, 5) is 2.66. The summed E-state index contributed by atoms with van der Waals surface area (Å²) in [7, 11) is 0. The third kappa shape index (κ3) is 2.97. The van der Waals surface area contributed by atoms with Crippen molar-refractivity contribution in [3.8, 4) is 44.5 Å². The number of hydrogen-bond donors (Lipinski definition) is 0. The predicted molar refractivity (Wildman–Crippen MR) is 193 cm³/mol. The molecule has 1 aliphatic heterocycles. The Morgan fingerprint density at radius 3 is 1.87 bits per heavy atom. The fourth-order valence-electron chi connectivity index (χ4n) is 8.94. The van der Waals surface area contributed by atoms with Crippen LogP contribution in [0, 0.1) is 0 Å². The zero-order valence-corrected chi connectivity index (χ0v) is 25.7. The minimum atomic E-state index is -0.398. The van der Waals surface area contributed by atoms with Crippen molar-refractivity contribution in [2.45, 2.75) is 15.2 Å². The highest BCUT2D eigenvalue weighted by Gasteiger charge is 2.52. The summed E-state index contributed by atoms with van der Waals surface area (Å²) in [5.41, 5.74) is 15.8. The van der Waals surface area contributed by atoms with Crippen LogP contribution in [-0.2, 0) is 5.41 Å². The van der Waals surface area contributed by atoms with Crippen molar-refractivity contribution >= 4 is 33.3 Å². The van der Waals surface area contributed by atoms with E-state index in [0.29, 0.717) is 0 Å². The summed E-state index contributed by atoms with van der Waals surface area (Å²) in [5, 5.41) is 5.29. The van der Waals surface area contributed by atoms with E-state index in [1.807, 2.05) is 11.8 Å². The highest BCUT2D eigenvalue weighted by molar-refractivity contribution is 7.99. The van der Waals surface area contributed by atoms with Gasteiger partial charge in [-0.3, -0.25) is 0 Å². The molecule has 0 aromatic heterocycles. The molecule has 0 bridgehead atoms. The topological polar surface area (TPSA) is 0 Å². The van der Waals surface area contributed by atoms with Crippen molar-refractivity contribution in [2.75, 3.05) is 0 Å². The molecule has 46 heavy (non-hydrogen) atoms. The summed E-state index contributed by atoms with van der Waals surface area (Å²) in [6, 6.07) is 59.5. The Bertz CT molecular complexity index is 2610. The normalized spacial score (nSPS) is 16.3. The maximum atomic E-state index is 2.53. The molecule has 0 N–H and O–H groups in total. The Morgan fingerprint density at radius 2 is 1.00 bits per heavy atom. The molecule has 0 fully saturated rings. The maximum Gasteiger partial charge on any atom is 0.0731 e. The molecule has 1 heterocycles. The number of rotatable bonds is 1. The molecule has 8 aromatic carbocycles. The largest absolute Gasteiger partial charge is 0.0888 e. The first-order valence-electron chi connectivity index (χ1n) is 16.0. The van der Waals surface area contributed by atoms with E-state index in [1.54, 1.807) is 0 Å². The molecule has 1 spiro atoms. The van der Waals surface area contributed by atoms with E-state index < -0.39 is 5.41 Å². The quantitative estimate of drug-likeness (QED) is 0.181. The van der Waals surface area contributed by atoms with Crippen molar-refractivity contribution in [3.05, 3.63) is 180 Å². The van der Waals surface area contributed by atoms with Gasteiger partial charge in [-0.15, -0.1) is 0 Å². The lowest BCUT2D eigenvalue weighted by atomic mass is 9.69. The molecule has 0 radical (unpaired) electrons. The van der Waals surface area contributed by atoms with Crippen LogP contribution in [0.3, 0.4) is 0 Å². The lowest BCUT2D eigenvalue weighted by molar-refractivity contribution is 0.801. The van der Waals surface area contributed by atoms with Crippen molar-refractivity contribution in [1.82, 2.24) is 0 Å². The van der Waals surface area contributed by atoms with E-state index in [0.717, 1.165) is 0 Å². The third-order valence-corrected chi connectivity index (χ3v) is 11.8. The van der Waals surface area contributed by atoms with E-state index in [1.165, 1.54) is 98.1 Å². The van der Waals surface area contributed by atoms with Crippen LogP contribution in [-0.4, -0.2) is 0 Å². The Labute approximate surface area is 272 Å². The van der Waals surface area contributed by atoms with Crippen LogP contribution in [0.15, 0.2) is 168 Å². The van der Waals surface area contributed by atoms with Gasteiger partial charge in [-0.25, -0.2) is 0 Å². The molecular formula is C45H26S. The van der Waals surface area contributed by atoms with Crippen molar-refractivity contribution in [2.24, 2.45) is 0 Å². The van der Waals surface area contributed by atoms with Crippen molar-refractivity contribution in [1.29, 1.82) is 0 Å². The summed E-state index contributed by atoms with van der Waals surface area (Å²) < 4.78 is 0. The Hall–Kier alpha value is -5.37. The zero-order chi connectivity index (χ0) is 30.0. The van der Waals surface area contributed by atoms with Gasteiger partial charge >= 0.3 is 0 Å². The molecule has 1 heteroatoms. The van der Waals surface area contributed by atoms with Crippen LogP contribution in [0.4, 0.5) is 0 Å². The molecule has 2 aliphatic carbocycles. The Balaban J connectivity index is 1.25. The summed E-state index contributed by atoms with van der Waals surface area (Å²) in [5.74, 6) is 0. The van der Waals surface area contributed by atoms with Gasteiger partial charge in [0.15, 0.2) is 0 Å². The van der Waals surface area contributed by atoms with Gasteiger partial charge in [-0.05, 0) is 95.6 Å². The van der Waals surface area contributed by atoms with Crippen LogP contribution in [0.1, 0.15) is 22.3 Å². The summed E-state index contributed by atoms with van der Waals surface area (Å²) in [6.07, 6.45) is 0. The van der Waals surface area contributed by atoms with E-state index in [-0.39, 0.29) is 0 Å². The van der Waals surface area contributed by atoms with E-state index >= 15 is 0 Å². The zero-order valence-electron chi connectivity index (χ0n) is 24.9. The molecule has 0 amide bonds. The van der Waals surface area contributed by atoms with Gasteiger partial charge < -0.3 is 0 Å². The van der Waals surface area contributed by atoms with Gasteiger partial charge in [0.1, 0.15) is 0 Å². The van der Waals surface area contributed by atoms with Crippen LogP contribution >= 0.6 is 11.8 Å². The molecule has 0 nitrogen and oxygen atoms in total. The first-order valence-corrected chi connectivity index (χ1v) is 16.8. The predicted octanol–water partition coefficient (Wildman–Crippen LogP) is 12.1.